The van der Waals surface area contributed by atoms with Crippen molar-refractivity contribution in [3.05, 3.63) is 33.3 Å². The molecule has 0 saturated carbocycles. The van der Waals surface area contributed by atoms with Crippen LogP contribution in [0.3, 0.4) is 0 Å². The Morgan fingerprint density at radius 3 is 2.82 bits per heavy atom. The number of nitrogens with zero attached hydrogens (tertiary/aromatic N) is 1. The van der Waals surface area contributed by atoms with Crippen molar-refractivity contribution < 1.29 is 19.9 Å². The molecule has 1 unspecified atom stereocenters. The number of likely N-dealkylation sites (tertiary alicyclic amines) is 1. The first-order chi connectivity index (χ1) is 13.2. The van der Waals surface area contributed by atoms with Crippen molar-refractivity contribution in [3.8, 4) is 0 Å². The molecule has 6 N–H and O–H groups in total. The number of benzene rings is 1. The number of carboxylic acids is 1. The summed E-state index contributed by atoms with van der Waals surface area (Å²) >= 11 is 12.4. The van der Waals surface area contributed by atoms with E-state index in [-0.39, 0.29) is 24.8 Å². The van der Waals surface area contributed by atoms with Crippen molar-refractivity contribution in [2.24, 2.45) is 11.7 Å². The Balaban J connectivity index is 1.64. The molecule has 0 radical (unpaired) electrons. The monoisotopic (exact) mass is 429 g/mol. The van der Waals surface area contributed by atoms with Gasteiger partial charge in [-0.25, -0.2) is 0 Å². The molecular weight excluding hydrogens is 404 g/mol. The van der Waals surface area contributed by atoms with Gasteiger partial charge in [-0.3, -0.25) is 9.69 Å². The highest BCUT2D eigenvalue weighted by molar-refractivity contribution is 6.40. The van der Waals surface area contributed by atoms with Gasteiger partial charge in [-0.15, -0.1) is 0 Å². The average molecular weight is 430 g/mol. The van der Waals surface area contributed by atoms with Crippen LogP contribution in [-0.2, 0) is 17.8 Å². The highest BCUT2D eigenvalue weighted by Gasteiger charge is 2.49. The van der Waals surface area contributed by atoms with Crippen LogP contribution in [-0.4, -0.2) is 64.4 Å². The van der Waals surface area contributed by atoms with Gasteiger partial charge in [0.25, 0.3) is 0 Å². The molecule has 3 atom stereocenters. The topological polar surface area (TPSA) is 119 Å². The SMILES string of the molecule is N[C@]1(C(=O)O)CN(CC2Cc3c(Cl)cc(Cl)cc3CN2)C[C@@H]1CCCB(O)O. The predicted molar refractivity (Wildman–Crippen MR) is 110 cm³/mol. The molecule has 0 aromatic heterocycles. The molecule has 7 nitrogen and oxygen atoms in total. The fourth-order valence-electron chi connectivity index (χ4n) is 4.37. The van der Waals surface area contributed by atoms with Crippen molar-refractivity contribution in [1.29, 1.82) is 0 Å². The molecule has 1 saturated heterocycles. The molecule has 1 aromatic rings. The number of halogens is 2. The maximum atomic E-state index is 11.8. The van der Waals surface area contributed by atoms with Crippen molar-refractivity contribution in [1.82, 2.24) is 10.2 Å². The minimum Gasteiger partial charge on any atom is -0.480 e. The van der Waals surface area contributed by atoms with E-state index < -0.39 is 18.6 Å². The van der Waals surface area contributed by atoms with E-state index in [1.807, 2.05) is 6.07 Å². The van der Waals surface area contributed by atoms with Crippen LogP contribution in [0.15, 0.2) is 12.1 Å². The van der Waals surface area contributed by atoms with E-state index in [9.17, 15) is 9.90 Å². The number of carboxylic acid groups (broad SMARTS) is 1. The van der Waals surface area contributed by atoms with Crippen molar-refractivity contribution in [2.45, 2.75) is 43.7 Å². The van der Waals surface area contributed by atoms with Crippen molar-refractivity contribution >= 4 is 36.3 Å². The summed E-state index contributed by atoms with van der Waals surface area (Å²) in [5, 5.41) is 32.5. The molecule has 2 aliphatic heterocycles. The summed E-state index contributed by atoms with van der Waals surface area (Å²) in [6, 6.07) is 3.81. The average Bonchev–Trinajstić information content (AvgIpc) is 2.92. The summed E-state index contributed by atoms with van der Waals surface area (Å²) in [6.45, 7) is 2.18. The number of nitrogens with one attached hydrogen (secondary N) is 1. The maximum Gasteiger partial charge on any atom is 0.451 e. The van der Waals surface area contributed by atoms with E-state index in [1.54, 1.807) is 6.07 Å². The van der Waals surface area contributed by atoms with E-state index in [4.69, 9.17) is 39.0 Å². The number of hydrogen-bond donors (Lipinski definition) is 5. The van der Waals surface area contributed by atoms with Gasteiger partial charge in [0.15, 0.2) is 0 Å². The molecule has 3 rings (SSSR count). The fourth-order valence-corrected chi connectivity index (χ4v) is 4.98. The highest BCUT2D eigenvalue weighted by atomic mass is 35.5. The van der Waals surface area contributed by atoms with Crippen molar-refractivity contribution in [3.63, 3.8) is 0 Å². The van der Waals surface area contributed by atoms with Gasteiger partial charge in [0.1, 0.15) is 5.54 Å². The maximum absolute atomic E-state index is 11.8. The third-order valence-electron chi connectivity index (χ3n) is 5.87. The third-order valence-corrected chi connectivity index (χ3v) is 6.42. The summed E-state index contributed by atoms with van der Waals surface area (Å²) in [7, 11) is -1.38. The zero-order chi connectivity index (χ0) is 20.5. The number of hydrogen-bond acceptors (Lipinski definition) is 6. The Morgan fingerprint density at radius 2 is 2.14 bits per heavy atom. The van der Waals surface area contributed by atoms with E-state index in [0.717, 1.165) is 17.5 Å². The van der Waals surface area contributed by atoms with Crippen LogP contribution in [0.1, 0.15) is 24.0 Å². The van der Waals surface area contributed by atoms with Gasteiger partial charge in [-0.2, -0.15) is 0 Å². The molecule has 0 aliphatic carbocycles. The molecule has 2 aliphatic rings. The molecule has 10 heteroatoms. The van der Waals surface area contributed by atoms with Crippen LogP contribution in [0.4, 0.5) is 0 Å². The minimum atomic E-state index is -1.38. The normalized spacial score (nSPS) is 27.6. The van der Waals surface area contributed by atoms with Crippen LogP contribution in [0, 0.1) is 5.92 Å². The lowest BCUT2D eigenvalue weighted by Gasteiger charge is -2.30. The second-order valence-corrected chi connectivity index (χ2v) is 8.80. The Hall–Kier alpha value is -0.865. The molecule has 0 bridgehead atoms. The molecule has 0 amide bonds. The molecule has 154 valence electrons. The Morgan fingerprint density at radius 1 is 1.39 bits per heavy atom. The van der Waals surface area contributed by atoms with E-state index in [1.165, 1.54) is 0 Å². The molecule has 1 fully saturated rings. The van der Waals surface area contributed by atoms with Crippen LogP contribution >= 0.6 is 23.2 Å². The standard InChI is InChI=1S/C18H26BCl2N3O4/c20-13-4-11-7-23-14(6-15(11)16(21)5-13)9-24-8-12(2-1-3-19(27)28)18(22,10-24)17(25)26/h4-5,12,14,23,27-28H,1-3,6-10,22H2,(H,25,26)/t12-,14?,18+/m0/s1. The minimum absolute atomic E-state index is 0.141. The number of carbonyl (C=O) groups is 1. The van der Waals surface area contributed by atoms with Gasteiger partial charge in [0.05, 0.1) is 0 Å². The molecular formula is C18H26BCl2N3O4. The lowest BCUT2D eigenvalue weighted by Crippen LogP contribution is -2.55. The number of nitrogens with two attached hydrogens (primary N) is 1. The van der Waals surface area contributed by atoms with E-state index in [0.29, 0.717) is 42.5 Å². The Labute approximate surface area is 174 Å². The van der Waals surface area contributed by atoms with Crippen molar-refractivity contribution in [2.75, 3.05) is 19.6 Å². The quantitative estimate of drug-likeness (QED) is 0.409. The molecule has 0 spiro atoms. The van der Waals surface area contributed by atoms with Gasteiger partial charge in [-0.1, -0.05) is 29.6 Å². The second kappa shape index (κ2) is 8.87. The lowest BCUT2D eigenvalue weighted by molar-refractivity contribution is -0.144. The van der Waals surface area contributed by atoms with E-state index >= 15 is 0 Å². The van der Waals surface area contributed by atoms with Gasteiger partial charge in [0, 0.05) is 48.2 Å². The van der Waals surface area contributed by atoms with Gasteiger partial charge in [0.2, 0.25) is 0 Å². The molecule has 1 aromatic carbocycles. The molecule has 2 heterocycles. The highest BCUT2D eigenvalue weighted by Crippen LogP contribution is 2.32. The zero-order valence-electron chi connectivity index (χ0n) is 15.6. The summed E-state index contributed by atoms with van der Waals surface area (Å²) < 4.78 is 0. The first-order valence-electron chi connectivity index (χ1n) is 9.50. The summed E-state index contributed by atoms with van der Waals surface area (Å²) in [5.41, 5.74) is 7.11. The van der Waals surface area contributed by atoms with Crippen LogP contribution in [0.5, 0.6) is 0 Å². The fraction of sp³-hybridized carbons (Fsp3) is 0.611. The summed E-state index contributed by atoms with van der Waals surface area (Å²) in [6.07, 6.45) is 2.03. The number of aliphatic carboxylic acids is 1. The van der Waals surface area contributed by atoms with Gasteiger partial charge < -0.3 is 26.2 Å². The zero-order valence-corrected chi connectivity index (χ0v) is 17.1. The lowest BCUT2D eigenvalue weighted by atomic mass is 9.78. The van der Waals surface area contributed by atoms with Crippen LogP contribution in [0.25, 0.3) is 0 Å². The summed E-state index contributed by atoms with van der Waals surface area (Å²) in [4.78, 5) is 13.9. The Bertz CT molecular complexity index is 739. The first-order valence-corrected chi connectivity index (χ1v) is 10.3. The smallest absolute Gasteiger partial charge is 0.451 e. The largest absolute Gasteiger partial charge is 0.480 e. The van der Waals surface area contributed by atoms with Gasteiger partial charge >= 0.3 is 13.1 Å². The number of rotatable bonds is 7. The Kier molecular flexibility index (Phi) is 6.92. The number of fused-ring (bicyclic) bond motifs is 1. The first kappa shape index (κ1) is 21.8. The van der Waals surface area contributed by atoms with E-state index in [2.05, 4.69) is 10.2 Å². The second-order valence-electron chi connectivity index (χ2n) is 7.96. The van der Waals surface area contributed by atoms with Gasteiger partial charge in [-0.05, 0) is 42.4 Å². The van der Waals surface area contributed by atoms with Crippen LogP contribution in [0.2, 0.25) is 16.4 Å². The van der Waals surface area contributed by atoms with Crippen LogP contribution < -0.4 is 11.1 Å². The summed E-state index contributed by atoms with van der Waals surface area (Å²) in [5.74, 6) is -1.24. The molecule has 28 heavy (non-hydrogen) atoms. The third kappa shape index (κ3) is 4.82. The predicted octanol–water partition coefficient (Wildman–Crippen LogP) is 0.975.